The van der Waals surface area contributed by atoms with Gasteiger partial charge in [0.2, 0.25) is 0 Å². The zero-order valence-electron chi connectivity index (χ0n) is 23.0. The highest BCUT2D eigenvalue weighted by molar-refractivity contribution is 5.99. The van der Waals surface area contributed by atoms with Crippen LogP contribution in [-0.2, 0) is 4.74 Å². The summed E-state index contributed by atoms with van der Waals surface area (Å²) in [4.78, 5) is 21.5. The van der Waals surface area contributed by atoms with Crippen LogP contribution in [0.15, 0.2) is 36.7 Å². The molecule has 0 bridgehead atoms. The van der Waals surface area contributed by atoms with Gasteiger partial charge < -0.3 is 20.5 Å². The molecule has 1 aliphatic carbocycles. The maximum atomic E-state index is 15.5. The summed E-state index contributed by atoms with van der Waals surface area (Å²) in [5, 5.41) is 24.1. The number of morpholine rings is 1. The van der Waals surface area contributed by atoms with E-state index in [9.17, 15) is 15.2 Å². The predicted octanol–water partition coefficient (Wildman–Crippen LogP) is 2.93. The third-order valence-corrected chi connectivity index (χ3v) is 8.14. The van der Waals surface area contributed by atoms with Crippen molar-refractivity contribution in [3.63, 3.8) is 0 Å². The van der Waals surface area contributed by atoms with Gasteiger partial charge in [-0.05, 0) is 63.8 Å². The monoisotopic (exact) mass is 549 g/mol. The fourth-order valence-corrected chi connectivity index (χ4v) is 5.78. The molecule has 0 aromatic carbocycles. The first kappa shape index (κ1) is 28.0. The van der Waals surface area contributed by atoms with E-state index in [2.05, 4.69) is 21.1 Å². The molecule has 0 radical (unpaired) electrons. The Hall–Kier alpha value is -3.59. The normalized spacial score (nSPS) is 21.2. The summed E-state index contributed by atoms with van der Waals surface area (Å²) in [5.74, 6) is -0.656. The number of nitrogens with zero attached hydrogens (tertiary/aromatic N) is 6. The number of carbonyl (C=O) groups excluding carboxylic acids is 1. The Morgan fingerprint density at radius 3 is 2.62 bits per heavy atom. The second-order valence-corrected chi connectivity index (χ2v) is 11.2. The molecule has 2 fully saturated rings. The molecule has 212 valence electrons. The zero-order chi connectivity index (χ0) is 28.4. The number of nitrogens with two attached hydrogens (primary N) is 1. The van der Waals surface area contributed by atoms with Crippen molar-refractivity contribution < 1.29 is 19.0 Å². The Balaban J connectivity index is 1.51. The Bertz CT molecular complexity index is 1400. The van der Waals surface area contributed by atoms with E-state index in [4.69, 9.17) is 10.5 Å². The van der Waals surface area contributed by atoms with Crippen LogP contribution < -0.4 is 10.6 Å². The van der Waals surface area contributed by atoms with Crippen molar-refractivity contribution in [3.05, 3.63) is 47.8 Å². The number of aliphatic hydroxyl groups is 1. The highest BCUT2D eigenvalue weighted by atomic mass is 19.1. The molecule has 3 aromatic rings. The van der Waals surface area contributed by atoms with Gasteiger partial charge in [0, 0.05) is 31.4 Å². The molecule has 4 heterocycles. The van der Waals surface area contributed by atoms with Crippen molar-refractivity contribution in [3.8, 4) is 17.5 Å². The lowest BCUT2D eigenvalue weighted by Crippen LogP contribution is -2.51. The van der Waals surface area contributed by atoms with Gasteiger partial charge in [0.15, 0.2) is 0 Å². The number of anilines is 1. The lowest BCUT2D eigenvalue weighted by Gasteiger charge is -2.44. The SMILES string of the molecule is CC(C)(O)[C@H](F)CN(c1cc(-c2ccc3cc(C#N)cnn23)ncc1C(N)=O)C1CCC(N2CCOCC2)CC1. The molecule has 1 saturated carbocycles. The maximum Gasteiger partial charge on any atom is 0.252 e. The number of ether oxygens (including phenoxy) is 1. The minimum Gasteiger partial charge on any atom is -0.387 e. The first-order valence-electron chi connectivity index (χ1n) is 13.8. The van der Waals surface area contributed by atoms with Gasteiger partial charge in [0.25, 0.3) is 5.91 Å². The summed E-state index contributed by atoms with van der Waals surface area (Å²) in [5.41, 5.74) is 7.27. The third-order valence-electron chi connectivity index (χ3n) is 8.14. The molecule has 3 N–H and O–H groups in total. The number of halogens is 1. The summed E-state index contributed by atoms with van der Waals surface area (Å²) in [6, 6.07) is 9.64. The van der Waals surface area contributed by atoms with Crippen LogP contribution in [0, 0.1) is 11.3 Å². The lowest BCUT2D eigenvalue weighted by molar-refractivity contribution is -0.00253. The number of nitriles is 1. The Kier molecular flexibility index (Phi) is 8.03. The number of alkyl halides is 1. The van der Waals surface area contributed by atoms with Gasteiger partial charge in [-0.2, -0.15) is 10.4 Å². The molecule has 0 spiro atoms. The van der Waals surface area contributed by atoms with E-state index in [0.717, 1.165) is 57.5 Å². The van der Waals surface area contributed by atoms with Gasteiger partial charge in [0.05, 0.1) is 65.3 Å². The van der Waals surface area contributed by atoms with Crippen LogP contribution in [0.4, 0.5) is 10.1 Å². The second kappa shape index (κ2) is 11.5. The molecule has 5 rings (SSSR count). The van der Waals surface area contributed by atoms with Crippen LogP contribution in [-0.4, -0.2) is 87.2 Å². The molecular weight excluding hydrogens is 513 g/mol. The number of rotatable bonds is 8. The summed E-state index contributed by atoms with van der Waals surface area (Å²) in [6.45, 7) is 6.11. The number of fused-ring (bicyclic) bond motifs is 1. The number of pyridine rings is 1. The Morgan fingerprint density at radius 1 is 1.25 bits per heavy atom. The van der Waals surface area contributed by atoms with Crippen molar-refractivity contribution in [1.29, 1.82) is 5.26 Å². The summed E-state index contributed by atoms with van der Waals surface area (Å²) < 4.78 is 22.7. The van der Waals surface area contributed by atoms with Crippen LogP contribution >= 0.6 is 0 Å². The Labute approximate surface area is 233 Å². The molecule has 10 nitrogen and oxygen atoms in total. The maximum absolute atomic E-state index is 15.5. The zero-order valence-corrected chi connectivity index (χ0v) is 23.0. The number of aromatic nitrogens is 3. The fourth-order valence-electron chi connectivity index (χ4n) is 5.78. The number of primary amides is 1. The van der Waals surface area contributed by atoms with Crippen LogP contribution in [0.25, 0.3) is 16.9 Å². The molecule has 1 amide bonds. The summed E-state index contributed by atoms with van der Waals surface area (Å²) >= 11 is 0. The Morgan fingerprint density at radius 2 is 1.98 bits per heavy atom. The highest BCUT2D eigenvalue weighted by Gasteiger charge is 2.36. The van der Waals surface area contributed by atoms with Crippen molar-refractivity contribution in [2.24, 2.45) is 5.73 Å². The van der Waals surface area contributed by atoms with E-state index in [1.807, 2.05) is 17.0 Å². The molecule has 2 aliphatic rings. The average molecular weight is 550 g/mol. The van der Waals surface area contributed by atoms with E-state index >= 15 is 4.39 Å². The average Bonchev–Trinajstić information content (AvgIpc) is 3.38. The fraction of sp³-hybridized carbons (Fsp3) is 0.517. The van der Waals surface area contributed by atoms with Crippen molar-refractivity contribution in [2.45, 2.75) is 63.4 Å². The van der Waals surface area contributed by atoms with E-state index in [1.54, 1.807) is 16.6 Å². The smallest absolute Gasteiger partial charge is 0.252 e. The van der Waals surface area contributed by atoms with Crippen LogP contribution in [0.2, 0.25) is 0 Å². The van der Waals surface area contributed by atoms with E-state index in [-0.39, 0.29) is 18.2 Å². The topological polar surface area (TPSA) is 133 Å². The predicted molar refractivity (Wildman–Crippen MR) is 149 cm³/mol. The minimum atomic E-state index is -1.57. The first-order valence-corrected chi connectivity index (χ1v) is 13.8. The van der Waals surface area contributed by atoms with Gasteiger partial charge in [-0.1, -0.05) is 0 Å². The molecule has 1 aliphatic heterocycles. The van der Waals surface area contributed by atoms with Gasteiger partial charge >= 0.3 is 0 Å². The van der Waals surface area contributed by atoms with Crippen molar-refractivity contribution >= 4 is 17.1 Å². The van der Waals surface area contributed by atoms with Gasteiger partial charge in [-0.25, -0.2) is 8.91 Å². The third kappa shape index (κ3) is 5.80. The van der Waals surface area contributed by atoms with Crippen LogP contribution in [0.1, 0.15) is 55.5 Å². The van der Waals surface area contributed by atoms with Crippen molar-refractivity contribution in [2.75, 3.05) is 37.7 Å². The van der Waals surface area contributed by atoms with Gasteiger partial charge in [0.1, 0.15) is 12.2 Å². The molecule has 1 saturated heterocycles. The van der Waals surface area contributed by atoms with Crippen molar-refractivity contribution in [1.82, 2.24) is 19.5 Å². The molecule has 3 aromatic heterocycles. The first-order chi connectivity index (χ1) is 19.2. The van der Waals surface area contributed by atoms with Crippen LogP contribution in [0.3, 0.4) is 0 Å². The molecule has 1 atom stereocenters. The summed E-state index contributed by atoms with van der Waals surface area (Å²) in [6.07, 6.45) is 4.84. The van der Waals surface area contributed by atoms with E-state index in [1.165, 1.54) is 26.2 Å². The highest BCUT2D eigenvalue weighted by Crippen LogP contribution is 2.35. The van der Waals surface area contributed by atoms with Gasteiger partial charge in [-0.15, -0.1) is 0 Å². The number of hydrogen-bond acceptors (Lipinski definition) is 8. The molecular formula is C29H36FN7O3. The summed E-state index contributed by atoms with van der Waals surface area (Å²) in [7, 11) is 0. The van der Waals surface area contributed by atoms with E-state index < -0.39 is 17.7 Å². The number of amides is 1. The van der Waals surface area contributed by atoms with Gasteiger partial charge in [-0.3, -0.25) is 14.7 Å². The standard InChI is InChI=1S/C29H36FN7O3/c1-29(2,39)27(30)18-36(21-5-3-20(4-6-21)35-9-11-40-12-10-35)26-14-24(33-17-23(26)28(32)38)25-8-7-22-13-19(15-31)16-34-37(22)25/h7-8,13-14,16-17,20-21,27,39H,3-6,9-12,18H2,1-2H3,(H2,32,38)/t20?,21?,27-/m1/s1. The number of hydrogen-bond donors (Lipinski definition) is 2. The largest absolute Gasteiger partial charge is 0.387 e. The van der Waals surface area contributed by atoms with E-state index in [0.29, 0.717) is 28.7 Å². The lowest BCUT2D eigenvalue weighted by atomic mass is 9.87. The second-order valence-electron chi connectivity index (χ2n) is 11.2. The van der Waals surface area contributed by atoms with Crippen LogP contribution in [0.5, 0.6) is 0 Å². The quantitative estimate of drug-likeness (QED) is 0.438. The molecule has 0 unspecified atom stereocenters. The molecule has 40 heavy (non-hydrogen) atoms. The number of carbonyl (C=O) groups is 1. The molecule has 11 heteroatoms. The minimum absolute atomic E-state index is 0.0494.